The van der Waals surface area contributed by atoms with Crippen LogP contribution in [0.2, 0.25) is 0 Å². The Morgan fingerprint density at radius 1 is 1.08 bits per heavy atom. The van der Waals surface area contributed by atoms with Crippen LogP contribution in [0.25, 0.3) is 0 Å². The first-order valence-corrected chi connectivity index (χ1v) is 9.23. The molecule has 0 unspecified atom stereocenters. The molecule has 2 rings (SSSR count). The lowest BCUT2D eigenvalue weighted by atomic mass is 9.77. The molecule has 0 aromatic heterocycles. The zero-order chi connectivity index (χ0) is 17.5. The van der Waals surface area contributed by atoms with Crippen LogP contribution >= 0.6 is 0 Å². The summed E-state index contributed by atoms with van der Waals surface area (Å²) in [5.41, 5.74) is -0.134. The number of rotatable bonds is 8. The maximum atomic E-state index is 14.2. The van der Waals surface area contributed by atoms with E-state index in [0.717, 1.165) is 25.7 Å². The summed E-state index contributed by atoms with van der Waals surface area (Å²) in [7, 11) is 0. The first kappa shape index (κ1) is 18.9. The van der Waals surface area contributed by atoms with E-state index in [1.54, 1.807) is 6.92 Å². The van der Waals surface area contributed by atoms with Crippen LogP contribution < -0.4 is 4.74 Å². The van der Waals surface area contributed by atoms with Crippen LogP contribution in [0.1, 0.15) is 75.6 Å². The number of benzene rings is 1. The lowest BCUT2D eigenvalue weighted by molar-refractivity contribution is 0.0864. The van der Waals surface area contributed by atoms with Gasteiger partial charge in [0.2, 0.25) is 5.82 Å². The van der Waals surface area contributed by atoms with E-state index in [4.69, 9.17) is 4.74 Å². The van der Waals surface area contributed by atoms with E-state index >= 15 is 0 Å². The van der Waals surface area contributed by atoms with Gasteiger partial charge in [-0.05, 0) is 50.7 Å². The Kier molecular flexibility index (Phi) is 7.19. The highest BCUT2D eigenvalue weighted by Crippen LogP contribution is 2.35. The minimum absolute atomic E-state index is 0.133. The zero-order valence-electron chi connectivity index (χ0n) is 14.7. The van der Waals surface area contributed by atoms with Crippen molar-refractivity contribution in [1.82, 2.24) is 0 Å². The molecule has 0 atom stereocenters. The van der Waals surface area contributed by atoms with Gasteiger partial charge in [0, 0.05) is 5.92 Å². The Hall–Kier alpha value is -1.45. The molecule has 1 aliphatic carbocycles. The Morgan fingerprint density at radius 3 is 2.42 bits per heavy atom. The second-order valence-corrected chi connectivity index (χ2v) is 6.75. The van der Waals surface area contributed by atoms with Crippen molar-refractivity contribution in [2.24, 2.45) is 11.8 Å². The quantitative estimate of drug-likeness (QED) is 0.433. The summed E-state index contributed by atoms with van der Waals surface area (Å²) >= 11 is 0. The third-order valence-corrected chi connectivity index (χ3v) is 5.05. The number of ketones is 1. The zero-order valence-corrected chi connectivity index (χ0v) is 14.7. The fourth-order valence-corrected chi connectivity index (χ4v) is 3.61. The Morgan fingerprint density at radius 2 is 1.79 bits per heavy atom. The van der Waals surface area contributed by atoms with Gasteiger partial charge in [-0.25, -0.2) is 4.39 Å². The first-order chi connectivity index (χ1) is 11.6. The van der Waals surface area contributed by atoms with Gasteiger partial charge in [-0.3, -0.25) is 4.79 Å². The lowest BCUT2D eigenvalue weighted by Crippen LogP contribution is -2.23. The molecule has 1 aromatic rings. The van der Waals surface area contributed by atoms with E-state index in [0.29, 0.717) is 5.92 Å². The molecule has 0 bridgehead atoms. The number of hydrogen-bond donors (Lipinski definition) is 0. The van der Waals surface area contributed by atoms with Gasteiger partial charge in [-0.15, -0.1) is 0 Å². The molecule has 2 nitrogen and oxygen atoms in total. The maximum Gasteiger partial charge on any atom is 0.201 e. The minimum atomic E-state index is -1.07. The van der Waals surface area contributed by atoms with Gasteiger partial charge in [0.05, 0.1) is 12.2 Å². The molecule has 4 heteroatoms. The van der Waals surface area contributed by atoms with Gasteiger partial charge in [0.1, 0.15) is 0 Å². The molecule has 1 fully saturated rings. The van der Waals surface area contributed by atoms with E-state index in [9.17, 15) is 13.6 Å². The Labute approximate surface area is 143 Å². The van der Waals surface area contributed by atoms with Crippen molar-refractivity contribution >= 4 is 5.78 Å². The fraction of sp³-hybridized carbons (Fsp3) is 0.650. The predicted octanol–water partition coefficient (Wildman–Crippen LogP) is 5.93. The van der Waals surface area contributed by atoms with Crippen LogP contribution in [0.3, 0.4) is 0 Å². The number of hydrogen-bond acceptors (Lipinski definition) is 2. The largest absolute Gasteiger partial charge is 0.491 e. The van der Waals surface area contributed by atoms with Gasteiger partial charge in [0.15, 0.2) is 17.3 Å². The molecule has 0 saturated heterocycles. The highest BCUT2D eigenvalue weighted by Gasteiger charge is 2.29. The summed E-state index contributed by atoms with van der Waals surface area (Å²) in [6.45, 7) is 4.15. The molecule has 0 N–H and O–H groups in total. The summed E-state index contributed by atoms with van der Waals surface area (Å²) < 4.78 is 33.2. The third kappa shape index (κ3) is 4.55. The summed E-state index contributed by atoms with van der Waals surface area (Å²) in [4.78, 5) is 12.6. The van der Waals surface area contributed by atoms with Gasteiger partial charge in [0.25, 0.3) is 0 Å². The minimum Gasteiger partial charge on any atom is -0.491 e. The molecule has 134 valence electrons. The van der Waals surface area contributed by atoms with Crippen molar-refractivity contribution in [1.29, 1.82) is 0 Å². The molecule has 1 aromatic carbocycles. The summed E-state index contributed by atoms with van der Waals surface area (Å²) in [5.74, 6) is -2.03. The maximum absolute atomic E-state index is 14.2. The van der Waals surface area contributed by atoms with Crippen LogP contribution in [0.4, 0.5) is 8.78 Å². The fourth-order valence-electron chi connectivity index (χ4n) is 3.61. The number of carbonyl (C=O) groups is 1. The first-order valence-electron chi connectivity index (χ1n) is 9.23. The molecule has 0 aliphatic heterocycles. The van der Waals surface area contributed by atoms with Crippen LogP contribution in [-0.2, 0) is 0 Å². The average molecular weight is 338 g/mol. The topological polar surface area (TPSA) is 26.3 Å². The highest BCUT2D eigenvalue weighted by molar-refractivity contribution is 5.98. The van der Waals surface area contributed by atoms with Gasteiger partial charge in [-0.1, -0.05) is 32.6 Å². The van der Waals surface area contributed by atoms with E-state index < -0.39 is 11.6 Å². The number of unbranched alkanes of at least 4 members (excludes halogenated alkanes) is 2. The number of halogens is 2. The molecule has 24 heavy (non-hydrogen) atoms. The van der Waals surface area contributed by atoms with Crippen molar-refractivity contribution < 1.29 is 18.3 Å². The monoisotopic (exact) mass is 338 g/mol. The molecule has 1 saturated carbocycles. The van der Waals surface area contributed by atoms with E-state index in [2.05, 4.69) is 6.92 Å². The molecule has 0 radical (unpaired) electrons. The van der Waals surface area contributed by atoms with Crippen molar-refractivity contribution in [3.63, 3.8) is 0 Å². The molecule has 0 amide bonds. The molecular formula is C20H28F2O2. The van der Waals surface area contributed by atoms with Crippen LogP contribution in [-0.4, -0.2) is 12.4 Å². The number of carbonyl (C=O) groups excluding carboxylic acids is 1. The van der Waals surface area contributed by atoms with Gasteiger partial charge >= 0.3 is 0 Å². The SMILES string of the molecule is CCCCCC1CCC(C(=O)c2ccc(OCC)c(F)c2F)CC1. The van der Waals surface area contributed by atoms with E-state index in [1.165, 1.54) is 37.8 Å². The third-order valence-electron chi connectivity index (χ3n) is 5.05. The molecule has 1 aliphatic rings. The molecule has 0 heterocycles. The Bertz CT molecular complexity index is 549. The highest BCUT2D eigenvalue weighted by atomic mass is 19.2. The van der Waals surface area contributed by atoms with Crippen molar-refractivity contribution in [2.45, 2.75) is 65.2 Å². The van der Waals surface area contributed by atoms with Crippen LogP contribution in [0.5, 0.6) is 5.75 Å². The van der Waals surface area contributed by atoms with E-state index in [-0.39, 0.29) is 29.6 Å². The van der Waals surface area contributed by atoms with Crippen LogP contribution in [0.15, 0.2) is 12.1 Å². The Balaban J connectivity index is 1.97. The predicted molar refractivity (Wildman–Crippen MR) is 91.4 cm³/mol. The van der Waals surface area contributed by atoms with E-state index in [1.807, 2.05) is 0 Å². The second-order valence-electron chi connectivity index (χ2n) is 6.75. The summed E-state index contributed by atoms with van der Waals surface area (Å²) in [6.07, 6.45) is 8.54. The number of Topliss-reactive ketones (excluding diaryl/α,β-unsaturated/α-hetero) is 1. The lowest BCUT2D eigenvalue weighted by Gasteiger charge is -2.27. The van der Waals surface area contributed by atoms with Crippen molar-refractivity contribution in [3.8, 4) is 5.75 Å². The van der Waals surface area contributed by atoms with Crippen molar-refractivity contribution in [2.75, 3.05) is 6.61 Å². The smallest absolute Gasteiger partial charge is 0.201 e. The van der Waals surface area contributed by atoms with Crippen LogP contribution in [0, 0.1) is 23.5 Å². The summed E-state index contributed by atoms with van der Waals surface area (Å²) in [6, 6.07) is 2.71. The second kappa shape index (κ2) is 9.14. The standard InChI is InChI=1S/C20H28F2O2/c1-3-5-6-7-14-8-10-15(11-9-14)20(23)16-12-13-17(24-4-2)19(22)18(16)21/h12-15H,3-11H2,1-2H3. The average Bonchev–Trinajstić information content (AvgIpc) is 2.60. The van der Waals surface area contributed by atoms with Gasteiger partial charge in [-0.2, -0.15) is 4.39 Å². The van der Waals surface area contributed by atoms with Gasteiger partial charge < -0.3 is 4.74 Å². The molecule has 0 spiro atoms. The number of ether oxygens (including phenoxy) is 1. The molecular weight excluding hydrogens is 310 g/mol. The van der Waals surface area contributed by atoms with Crippen molar-refractivity contribution in [3.05, 3.63) is 29.3 Å². The summed E-state index contributed by atoms with van der Waals surface area (Å²) in [5, 5.41) is 0. The normalized spacial score (nSPS) is 20.8.